The van der Waals surface area contributed by atoms with Crippen LogP contribution < -0.4 is 14.8 Å². The number of methoxy groups -OCH3 is 2. The van der Waals surface area contributed by atoms with Gasteiger partial charge in [0.05, 0.1) is 18.7 Å². The lowest BCUT2D eigenvalue weighted by molar-refractivity contribution is -0.117. The molecule has 0 aliphatic rings. The van der Waals surface area contributed by atoms with Crippen molar-refractivity contribution in [1.82, 2.24) is 5.32 Å². The van der Waals surface area contributed by atoms with E-state index in [-0.39, 0.29) is 23.6 Å². The van der Waals surface area contributed by atoms with Crippen LogP contribution in [0.25, 0.3) is 6.08 Å². The third kappa shape index (κ3) is 5.02. The second-order valence-corrected chi connectivity index (χ2v) is 6.93. The Morgan fingerprint density at radius 2 is 1.89 bits per heavy atom. The second-order valence-electron chi connectivity index (χ2n) is 5.35. The van der Waals surface area contributed by atoms with Crippen LogP contribution in [0.2, 0.25) is 0 Å². The van der Waals surface area contributed by atoms with E-state index in [1.165, 1.54) is 19.3 Å². The molecule has 0 spiro atoms. The van der Waals surface area contributed by atoms with Crippen LogP contribution >= 0.6 is 31.9 Å². The number of carbonyl (C=O) groups is 1. The van der Waals surface area contributed by atoms with E-state index >= 15 is 0 Å². The van der Waals surface area contributed by atoms with Crippen molar-refractivity contribution < 1.29 is 19.4 Å². The Hall–Kier alpha value is -2.50. The van der Waals surface area contributed by atoms with Crippen LogP contribution in [0.1, 0.15) is 11.1 Å². The molecule has 0 atom stereocenters. The van der Waals surface area contributed by atoms with Gasteiger partial charge in [-0.25, -0.2) is 0 Å². The number of nitrogens with one attached hydrogen (secondary N) is 1. The number of ether oxygens (including phenoxy) is 2. The maximum absolute atomic E-state index is 12.4. The lowest BCUT2D eigenvalue weighted by Crippen LogP contribution is -2.23. The number of aromatic hydroxyl groups is 1. The predicted octanol–water partition coefficient (Wildman–Crippen LogP) is 4.16. The van der Waals surface area contributed by atoms with E-state index in [4.69, 9.17) is 9.47 Å². The molecule has 1 amide bonds. The highest BCUT2D eigenvalue weighted by molar-refractivity contribution is 9.13. The van der Waals surface area contributed by atoms with Crippen LogP contribution in [0.5, 0.6) is 17.2 Å². The number of phenolic OH excluding ortho intramolecular Hbond substituents is 1. The minimum Gasteiger partial charge on any atom is -0.503 e. The SMILES string of the molecule is COc1ccc(CNC(=O)/C(C#N)=C\c2cc(OC)c(O)c(Br)c2Br)cc1. The van der Waals surface area contributed by atoms with Gasteiger partial charge in [-0.15, -0.1) is 0 Å². The topological polar surface area (TPSA) is 91.6 Å². The molecule has 0 saturated carbocycles. The quantitative estimate of drug-likeness (QED) is 0.463. The Balaban J connectivity index is 2.21. The molecule has 140 valence electrons. The van der Waals surface area contributed by atoms with Gasteiger partial charge in [0.1, 0.15) is 17.4 Å². The van der Waals surface area contributed by atoms with E-state index in [9.17, 15) is 15.2 Å². The fourth-order valence-electron chi connectivity index (χ4n) is 2.20. The summed E-state index contributed by atoms with van der Waals surface area (Å²) >= 11 is 6.57. The third-order valence-corrected chi connectivity index (χ3v) is 5.83. The average Bonchev–Trinajstić information content (AvgIpc) is 2.70. The molecule has 8 heteroatoms. The van der Waals surface area contributed by atoms with Gasteiger partial charge in [-0.2, -0.15) is 5.26 Å². The molecule has 0 heterocycles. The molecule has 0 bridgehead atoms. The summed E-state index contributed by atoms with van der Waals surface area (Å²) in [5, 5.41) is 22.0. The maximum Gasteiger partial charge on any atom is 0.262 e. The number of hydrogen-bond donors (Lipinski definition) is 2. The number of halogens is 2. The summed E-state index contributed by atoms with van der Waals surface area (Å²) < 4.78 is 11.0. The molecular weight excluding hydrogens is 480 g/mol. The highest BCUT2D eigenvalue weighted by Crippen LogP contribution is 2.42. The minimum absolute atomic E-state index is 0.0796. The molecule has 2 rings (SSSR count). The number of nitriles is 1. The smallest absolute Gasteiger partial charge is 0.262 e. The molecule has 27 heavy (non-hydrogen) atoms. The van der Waals surface area contributed by atoms with Crippen LogP contribution in [0.15, 0.2) is 44.9 Å². The van der Waals surface area contributed by atoms with Crippen molar-refractivity contribution in [3.8, 4) is 23.3 Å². The van der Waals surface area contributed by atoms with Crippen LogP contribution in [0.4, 0.5) is 0 Å². The molecule has 0 saturated heterocycles. The van der Waals surface area contributed by atoms with Gasteiger partial charge in [-0.05, 0) is 67.3 Å². The molecule has 0 aliphatic heterocycles. The molecule has 0 aromatic heterocycles. The summed E-state index contributed by atoms with van der Waals surface area (Å²) in [6.07, 6.45) is 1.42. The van der Waals surface area contributed by atoms with Crippen LogP contribution in [-0.4, -0.2) is 25.2 Å². The number of carbonyl (C=O) groups excluding carboxylic acids is 1. The highest BCUT2D eigenvalue weighted by atomic mass is 79.9. The second kappa shape index (κ2) is 9.44. The predicted molar refractivity (Wildman–Crippen MR) is 108 cm³/mol. The van der Waals surface area contributed by atoms with E-state index in [0.717, 1.165) is 11.3 Å². The Bertz CT molecular complexity index is 919. The van der Waals surface area contributed by atoms with Crippen molar-refractivity contribution in [2.24, 2.45) is 0 Å². The third-order valence-electron chi connectivity index (χ3n) is 3.67. The van der Waals surface area contributed by atoms with E-state index < -0.39 is 5.91 Å². The van der Waals surface area contributed by atoms with Gasteiger partial charge in [-0.3, -0.25) is 4.79 Å². The van der Waals surface area contributed by atoms with E-state index in [1.54, 1.807) is 19.2 Å². The van der Waals surface area contributed by atoms with Crippen LogP contribution in [-0.2, 0) is 11.3 Å². The molecule has 6 nitrogen and oxygen atoms in total. The number of benzene rings is 2. The van der Waals surface area contributed by atoms with Crippen molar-refractivity contribution >= 4 is 43.8 Å². The zero-order chi connectivity index (χ0) is 20.0. The Morgan fingerprint density at radius 3 is 2.44 bits per heavy atom. The first-order chi connectivity index (χ1) is 12.9. The molecule has 2 aromatic carbocycles. The minimum atomic E-state index is -0.511. The maximum atomic E-state index is 12.4. The van der Waals surface area contributed by atoms with Crippen LogP contribution in [0, 0.1) is 11.3 Å². The standard InChI is InChI=1S/C19H16Br2N2O4/c1-26-14-5-3-11(4-6-14)10-23-19(25)13(9-22)7-12-8-15(27-2)18(24)17(21)16(12)20/h3-8,24H,10H2,1-2H3,(H,23,25)/b13-7-. The normalized spacial score (nSPS) is 10.9. The zero-order valence-corrected chi connectivity index (χ0v) is 17.7. The lowest BCUT2D eigenvalue weighted by atomic mass is 10.1. The van der Waals surface area contributed by atoms with E-state index in [2.05, 4.69) is 37.2 Å². The lowest BCUT2D eigenvalue weighted by Gasteiger charge is -2.10. The van der Waals surface area contributed by atoms with Crippen molar-refractivity contribution in [2.45, 2.75) is 6.54 Å². The average molecular weight is 496 g/mol. The van der Waals surface area contributed by atoms with Gasteiger partial charge in [-0.1, -0.05) is 12.1 Å². The van der Waals surface area contributed by atoms with Gasteiger partial charge >= 0.3 is 0 Å². The molecule has 0 unspecified atom stereocenters. The first kappa shape index (κ1) is 20.8. The first-order valence-electron chi connectivity index (χ1n) is 7.69. The number of amides is 1. The van der Waals surface area contributed by atoms with Gasteiger partial charge in [0, 0.05) is 11.0 Å². The monoisotopic (exact) mass is 494 g/mol. The van der Waals surface area contributed by atoms with Gasteiger partial charge in [0.25, 0.3) is 5.91 Å². The summed E-state index contributed by atoms with van der Waals surface area (Å²) in [4.78, 5) is 12.4. The van der Waals surface area contributed by atoms with Gasteiger partial charge in [0.15, 0.2) is 11.5 Å². The molecular formula is C19H16Br2N2O4. The molecule has 0 radical (unpaired) electrons. The van der Waals surface area contributed by atoms with Crippen molar-refractivity contribution in [2.75, 3.05) is 14.2 Å². The van der Waals surface area contributed by atoms with E-state index in [0.29, 0.717) is 14.5 Å². The Labute approximate surface area is 173 Å². The van der Waals surface area contributed by atoms with E-state index in [1.807, 2.05) is 18.2 Å². The fourth-order valence-corrected chi connectivity index (χ4v) is 3.04. The van der Waals surface area contributed by atoms with Crippen molar-refractivity contribution in [1.29, 1.82) is 5.26 Å². The zero-order valence-electron chi connectivity index (χ0n) is 14.5. The summed E-state index contributed by atoms with van der Waals surface area (Å²) in [6.45, 7) is 0.269. The number of hydrogen-bond acceptors (Lipinski definition) is 5. The van der Waals surface area contributed by atoms with Gasteiger partial charge in [0.2, 0.25) is 0 Å². The van der Waals surface area contributed by atoms with Crippen molar-refractivity contribution in [3.63, 3.8) is 0 Å². The number of rotatable bonds is 6. The van der Waals surface area contributed by atoms with Crippen LogP contribution in [0.3, 0.4) is 0 Å². The Kier molecular flexibility index (Phi) is 7.28. The summed E-state index contributed by atoms with van der Waals surface area (Å²) in [5.74, 6) is 0.346. The molecule has 2 N–H and O–H groups in total. The number of phenols is 1. The highest BCUT2D eigenvalue weighted by Gasteiger charge is 2.16. The van der Waals surface area contributed by atoms with Crippen molar-refractivity contribution in [3.05, 3.63) is 56.0 Å². The molecule has 0 fully saturated rings. The summed E-state index contributed by atoms with van der Waals surface area (Å²) in [5.41, 5.74) is 1.30. The first-order valence-corrected chi connectivity index (χ1v) is 9.27. The summed E-state index contributed by atoms with van der Waals surface area (Å²) in [7, 11) is 2.99. The molecule has 0 aliphatic carbocycles. The molecule has 2 aromatic rings. The fraction of sp³-hybridized carbons (Fsp3) is 0.158. The Morgan fingerprint density at radius 1 is 1.22 bits per heavy atom. The summed E-state index contributed by atoms with van der Waals surface area (Å²) in [6, 6.07) is 10.7. The largest absolute Gasteiger partial charge is 0.503 e. The number of nitrogens with zero attached hydrogens (tertiary/aromatic N) is 1. The van der Waals surface area contributed by atoms with Gasteiger partial charge < -0.3 is 19.9 Å².